The van der Waals surface area contributed by atoms with Crippen LogP contribution < -0.4 is 24.4 Å². The van der Waals surface area contributed by atoms with Gasteiger partial charge in [-0.2, -0.15) is 5.10 Å². The molecule has 238 valence electrons. The predicted octanol–water partition coefficient (Wildman–Crippen LogP) is 5.61. The van der Waals surface area contributed by atoms with Gasteiger partial charge in [-0.25, -0.2) is 14.5 Å². The summed E-state index contributed by atoms with van der Waals surface area (Å²) in [7, 11) is 1.59. The highest BCUT2D eigenvalue weighted by atomic mass is 32.1. The highest BCUT2D eigenvalue weighted by Crippen LogP contribution is 2.32. The molecule has 1 aliphatic rings. The molecule has 0 N–H and O–H groups in total. The Bertz CT molecular complexity index is 2140. The van der Waals surface area contributed by atoms with Crippen molar-refractivity contribution < 1.29 is 19.0 Å². The largest absolute Gasteiger partial charge is 0.497 e. The molecule has 1 unspecified atom stereocenters. The highest BCUT2D eigenvalue weighted by Gasteiger charge is 2.33. The highest BCUT2D eigenvalue weighted by molar-refractivity contribution is 7.07. The lowest BCUT2D eigenvalue weighted by atomic mass is 9.96. The molecule has 0 radical (unpaired) electrons. The van der Waals surface area contributed by atoms with E-state index in [1.54, 1.807) is 35.4 Å². The Morgan fingerprint density at radius 3 is 2.38 bits per heavy atom. The molecule has 0 bridgehead atoms. The number of nitrogens with zero attached hydrogens (tertiary/aromatic N) is 4. The first kappa shape index (κ1) is 31.5. The van der Waals surface area contributed by atoms with Crippen molar-refractivity contribution in [2.24, 2.45) is 4.99 Å². The maximum Gasteiger partial charge on any atom is 0.338 e. The Morgan fingerprint density at radius 1 is 1.02 bits per heavy atom. The minimum Gasteiger partial charge on any atom is -0.497 e. The predicted molar refractivity (Wildman–Crippen MR) is 183 cm³/mol. The third-order valence-electron chi connectivity index (χ3n) is 7.55. The normalized spacial score (nSPS) is 14.5. The van der Waals surface area contributed by atoms with Gasteiger partial charge in [0.2, 0.25) is 0 Å². The smallest absolute Gasteiger partial charge is 0.338 e. The number of allylic oxidation sites excluding steroid dienone is 1. The number of rotatable bonds is 10. The number of hydrogen-bond donors (Lipinski definition) is 0. The average Bonchev–Trinajstić information content (AvgIpc) is 3.64. The van der Waals surface area contributed by atoms with E-state index >= 15 is 0 Å². The average molecular weight is 647 g/mol. The number of fused-ring (bicyclic) bond motifs is 1. The van der Waals surface area contributed by atoms with E-state index in [2.05, 4.69) is 6.58 Å². The number of methoxy groups -OCH3 is 1. The van der Waals surface area contributed by atoms with Gasteiger partial charge in [0.15, 0.2) is 4.80 Å². The number of thiazole rings is 1. The van der Waals surface area contributed by atoms with Crippen molar-refractivity contribution in [2.75, 3.05) is 13.7 Å². The molecule has 10 heteroatoms. The number of hydrogen-bond acceptors (Lipinski definition) is 8. The van der Waals surface area contributed by atoms with Gasteiger partial charge in [0.1, 0.15) is 23.8 Å². The fourth-order valence-corrected chi connectivity index (χ4v) is 6.47. The van der Waals surface area contributed by atoms with E-state index in [0.29, 0.717) is 26.5 Å². The fraction of sp³-hybridized carbons (Fsp3) is 0.189. The van der Waals surface area contributed by atoms with Gasteiger partial charge in [-0.1, -0.05) is 54.3 Å². The van der Waals surface area contributed by atoms with Gasteiger partial charge in [-0.15, -0.1) is 0 Å². The number of ether oxygens (including phenoxy) is 3. The first-order valence-electron chi connectivity index (χ1n) is 15.1. The van der Waals surface area contributed by atoms with Crippen molar-refractivity contribution in [3.8, 4) is 28.4 Å². The van der Waals surface area contributed by atoms with Gasteiger partial charge in [0.25, 0.3) is 5.56 Å². The zero-order valence-corrected chi connectivity index (χ0v) is 27.4. The van der Waals surface area contributed by atoms with Crippen LogP contribution in [0.3, 0.4) is 0 Å². The van der Waals surface area contributed by atoms with E-state index in [-0.39, 0.29) is 23.8 Å². The molecular formula is C37H34N4O5S. The van der Waals surface area contributed by atoms with Crippen LogP contribution in [0.5, 0.6) is 11.5 Å². The molecule has 6 rings (SSSR count). The molecular weight excluding hydrogens is 612 g/mol. The van der Waals surface area contributed by atoms with Crippen LogP contribution in [0.1, 0.15) is 37.9 Å². The molecule has 0 spiro atoms. The van der Waals surface area contributed by atoms with Crippen molar-refractivity contribution in [3.63, 3.8) is 0 Å². The summed E-state index contributed by atoms with van der Waals surface area (Å²) in [6.45, 7) is 9.41. The van der Waals surface area contributed by atoms with Crippen LogP contribution in [-0.4, -0.2) is 40.1 Å². The molecule has 3 heterocycles. The Hall–Kier alpha value is -5.48. The van der Waals surface area contributed by atoms with Crippen molar-refractivity contribution in [1.29, 1.82) is 0 Å². The summed E-state index contributed by atoms with van der Waals surface area (Å²) in [5.41, 5.74) is 4.41. The zero-order chi connectivity index (χ0) is 33.1. The lowest BCUT2D eigenvalue weighted by Crippen LogP contribution is -2.39. The van der Waals surface area contributed by atoms with Crippen LogP contribution in [0.2, 0.25) is 0 Å². The summed E-state index contributed by atoms with van der Waals surface area (Å²) < 4.78 is 20.5. The van der Waals surface area contributed by atoms with Gasteiger partial charge in [0.05, 0.1) is 40.7 Å². The maximum atomic E-state index is 14.3. The topological polar surface area (TPSA) is 96.9 Å². The molecule has 0 fully saturated rings. The SMILES string of the molecule is C=CCOC(=O)C1=C(C)N=c2s/c(=C\c3cn(-c4ccccc4)nc3-c3ccc(OC(C)C)cc3)c(=O)n2C1c1ccc(OC)cc1. The molecule has 1 atom stereocenters. The number of esters is 1. The Balaban J connectivity index is 1.51. The molecule has 0 amide bonds. The minimum atomic E-state index is -0.753. The summed E-state index contributed by atoms with van der Waals surface area (Å²) in [5.74, 6) is 0.861. The Labute approximate surface area is 276 Å². The Kier molecular flexibility index (Phi) is 9.03. The van der Waals surface area contributed by atoms with Gasteiger partial charge in [0, 0.05) is 17.3 Å². The summed E-state index contributed by atoms with van der Waals surface area (Å²) >= 11 is 1.26. The minimum absolute atomic E-state index is 0.0358. The second-order valence-electron chi connectivity index (χ2n) is 11.1. The molecule has 3 aromatic carbocycles. The summed E-state index contributed by atoms with van der Waals surface area (Å²) in [6, 6.07) is 24.1. The summed E-state index contributed by atoms with van der Waals surface area (Å²) in [6.07, 6.45) is 5.30. The molecule has 0 saturated carbocycles. The van der Waals surface area contributed by atoms with Crippen LogP contribution in [0, 0.1) is 0 Å². The van der Waals surface area contributed by atoms with Crippen LogP contribution >= 0.6 is 11.3 Å². The first-order valence-corrected chi connectivity index (χ1v) is 16.0. The quantitative estimate of drug-likeness (QED) is 0.145. The van der Waals surface area contributed by atoms with Gasteiger partial charge >= 0.3 is 5.97 Å². The standard InChI is InChI=1S/C37H34N4O5S/c1-6-20-45-36(43)32-24(4)38-37-41(34(32)26-14-16-29(44-5)17-15-26)35(42)31(47-37)21-27-22-40(28-10-8-7-9-11-28)39-33(27)25-12-18-30(19-13-25)46-23(2)3/h6-19,21-23,34H,1,20H2,2-5H3/b31-21-. The van der Waals surface area contributed by atoms with Crippen molar-refractivity contribution in [1.82, 2.24) is 14.3 Å². The van der Waals surface area contributed by atoms with Gasteiger partial charge < -0.3 is 14.2 Å². The second kappa shape index (κ2) is 13.5. The summed E-state index contributed by atoms with van der Waals surface area (Å²) in [4.78, 5) is 32.9. The molecule has 0 aliphatic carbocycles. The van der Waals surface area contributed by atoms with Crippen molar-refractivity contribution >= 4 is 23.4 Å². The van der Waals surface area contributed by atoms with E-state index in [4.69, 9.17) is 24.3 Å². The van der Waals surface area contributed by atoms with Crippen LogP contribution in [0.15, 0.2) is 119 Å². The fourth-order valence-electron chi connectivity index (χ4n) is 5.43. The van der Waals surface area contributed by atoms with E-state index in [0.717, 1.165) is 28.1 Å². The third kappa shape index (κ3) is 6.45. The van der Waals surface area contributed by atoms with E-state index < -0.39 is 12.0 Å². The number of para-hydroxylation sites is 1. The molecule has 9 nitrogen and oxygen atoms in total. The van der Waals surface area contributed by atoms with Crippen LogP contribution in [-0.2, 0) is 9.53 Å². The third-order valence-corrected chi connectivity index (χ3v) is 8.54. The van der Waals surface area contributed by atoms with Crippen LogP contribution in [0.4, 0.5) is 0 Å². The molecule has 2 aromatic heterocycles. The maximum absolute atomic E-state index is 14.3. The van der Waals surface area contributed by atoms with Gasteiger partial charge in [-0.05, 0) is 80.9 Å². The second-order valence-corrected chi connectivity index (χ2v) is 12.2. The van der Waals surface area contributed by atoms with Crippen LogP contribution in [0.25, 0.3) is 23.0 Å². The molecule has 1 aliphatic heterocycles. The Morgan fingerprint density at radius 2 is 1.72 bits per heavy atom. The monoisotopic (exact) mass is 646 g/mol. The summed E-state index contributed by atoms with van der Waals surface area (Å²) in [5, 5.41) is 4.93. The van der Waals surface area contributed by atoms with E-state index in [1.807, 2.05) is 92.9 Å². The molecule has 0 saturated heterocycles. The first-order chi connectivity index (χ1) is 22.8. The lowest BCUT2D eigenvalue weighted by molar-refractivity contribution is -0.138. The number of aromatic nitrogens is 3. The zero-order valence-electron chi connectivity index (χ0n) is 26.5. The van der Waals surface area contributed by atoms with Crippen molar-refractivity contribution in [3.05, 3.63) is 140 Å². The molecule has 5 aromatic rings. The molecule has 47 heavy (non-hydrogen) atoms. The number of benzene rings is 3. The van der Waals surface area contributed by atoms with E-state index in [9.17, 15) is 9.59 Å². The number of carbonyl (C=O) groups is 1. The number of carbonyl (C=O) groups excluding carboxylic acids is 1. The van der Waals surface area contributed by atoms with Gasteiger partial charge in [-0.3, -0.25) is 9.36 Å². The van der Waals surface area contributed by atoms with Crippen molar-refractivity contribution in [2.45, 2.75) is 32.9 Å². The van der Waals surface area contributed by atoms with E-state index in [1.165, 1.54) is 17.4 Å². The lowest BCUT2D eigenvalue weighted by Gasteiger charge is -2.24.